The van der Waals surface area contributed by atoms with E-state index >= 15 is 0 Å². The third-order valence-corrected chi connectivity index (χ3v) is 3.79. The summed E-state index contributed by atoms with van der Waals surface area (Å²) >= 11 is 3.54. The van der Waals surface area contributed by atoms with Crippen molar-refractivity contribution in [2.24, 2.45) is 0 Å². The van der Waals surface area contributed by atoms with Gasteiger partial charge in [-0.2, -0.15) is 0 Å². The molecule has 2 aromatic carbocycles. The van der Waals surface area contributed by atoms with E-state index in [4.69, 9.17) is 4.74 Å². The summed E-state index contributed by atoms with van der Waals surface area (Å²) in [5, 5.41) is 3.36. The van der Waals surface area contributed by atoms with Crippen molar-refractivity contribution in [1.82, 2.24) is 5.32 Å². The Morgan fingerprint density at radius 1 is 1.11 bits per heavy atom. The summed E-state index contributed by atoms with van der Waals surface area (Å²) in [5.41, 5.74) is 3.74. The zero-order valence-corrected chi connectivity index (χ0v) is 13.0. The van der Waals surface area contributed by atoms with E-state index in [1.807, 2.05) is 13.1 Å². The molecule has 0 aliphatic carbocycles. The number of hydrogen-bond donors (Lipinski definition) is 1. The number of benzene rings is 2. The fraction of sp³-hybridized carbons (Fsp3) is 0.250. The maximum absolute atomic E-state index is 5.27. The van der Waals surface area contributed by atoms with Crippen LogP contribution in [0.25, 0.3) is 0 Å². The smallest absolute Gasteiger partial charge is 0.133 e. The Labute approximate surface area is 122 Å². The monoisotopic (exact) mass is 319 g/mol. The van der Waals surface area contributed by atoms with Crippen molar-refractivity contribution in [3.05, 3.63) is 63.6 Å². The van der Waals surface area contributed by atoms with E-state index in [-0.39, 0.29) is 6.04 Å². The first-order valence-electron chi connectivity index (χ1n) is 6.23. The molecule has 0 fully saturated rings. The van der Waals surface area contributed by atoms with Crippen LogP contribution in [-0.4, -0.2) is 14.2 Å². The molecule has 19 heavy (non-hydrogen) atoms. The zero-order valence-electron chi connectivity index (χ0n) is 11.4. The van der Waals surface area contributed by atoms with Gasteiger partial charge in [0.05, 0.1) is 17.6 Å². The fourth-order valence-electron chi connectivity index (χ4n) is 2.24. The summed E-state index contributed by atoms with van der Waals surface area (Å²) in [7, 11) is 3.65. The number of ether oxygens (including phenoxy) is 1. The van der Waals surface area contributed by atoms with Crippen LogP contribution in [0, 0.1) is 6.92 Å². The number of methoxy groups -OCH3 is 1. The molecule has 0 aromatic heterocycles. The van der Waals surface area contributed by atoms with Crippen LogP contribution in [0.4, 0.5) is 0 Å². The van der Waals surface area contributed by atoms with E-state index in [1.165, 1.54) is 16.7 Å². The van der Waals surface area contributed by atoms with E-state index in [9.17, 15) is 0 Å². The number of halogens is 1. The summed E-state index contributed by atoms with van der Waals surface area (Å²) in [5.74, 6) is 0.850. The first kappa shape index (κ1) is 14.1. The molecule has 0 spiro atoms. The molecule has 1 N–H and O–H groups in total. The zero-order chi connectivity index (χ0) is 13.8. The average Bonchev–Trinajstić information content (AvgIpc) is 2.40. The predicted molar refractivity (Wildman–Crippen MR) is 82.8 cm³/mol. The quantitative estimate of drug-likeness (QED) is 0.917. The fourth-order valence-corrected chi connectivity index (χ4v) is 2.80. The summed E-state index contributed by atoms with van der Waals surface area (Å²) in [4.78, 5) is 0. The van der Waals surface area contributed by atoms with Gasteiger partial charge >= 0.3 is 0 Å². The largest absolute Gasteiger partial charge is 0.496 e. The minimum atomic E-state index is 0.183. The lowest BCUT2D eigenvalue weighted by Gasteiger charge is -2.18. The van der Waals surface area contributed by atoms with Gasteiger partial charge in [-0.05, 0) is 53.2 Å². The van der Waals surface area contributed by atoms with Gasteiger partial charge in [-0.3, -0.25) is 0 Å². The van der Waals surface area contributed by atoms with Gasteiger partial charge in [0.2, 0.25) is 0 Å². The molecule has 3 heteroatoms. The number of nitrogens with one attached hydrogen (secondary N) is 1. The van der Waals surface area contributed by atoms with Gasteiger partial charge < -0.3 is 10.1 Å². The standard InChI is InChI=1S/C16H18BrNO/c1-11-5-4-6-12(9-11)16(18-2)13-7-8-15(19-3)14(17)10-13/h4-10,16,18H,1-3H3. The molecule has 1 unspecified atom stereocenters. The Kier molecular flexibility index (Phi) is 4.61. The van der Waals surface area contributed by atoms with E-state index < -0.39 is 0 Å². The molecule has 0 saturated heterocycles. The van der Waals surface area contributed by atoms with Crippen molar-refractivity contribution in [2.75, 3.05) is 14.2 Å². The van der Waals surface area contributed by atoms with Gasteiger partial charge in [0, 0.05) is 0 Å². The molecule has 1 atom stereocenters. The van der Waals surface area contributed by atoms with Crippen LogP contribution in [0.2, 0.25) is 0 Å². The van der Waals surface area contributed by atoms with Crippen molar-refractivity contribution in [3.8, 4) is 5.75 Å². The highest BCUT2D eigenvalue weighted by molar-refractivity contribution is 9.10. The Balaban J connectivity index is 2.39. The molecule has 2 aromatic rings. The summed E-state index contributed by atoms with van der Waals surface area (Å²) < 4.78 is 6.24. The lowest BCUT2D eigenvalue weighted by molar-refractivity contribution is 0.412. The normalized spacial score (nSPS) is 12.2. The molecule has 0 heterocycles. The van der Waals surface area contributed by atoms with E-state index in [0.29, 0.717) is 0 Å². The molecule has 0 saturated carbocycles. The Bertz CT molecular complexity index is 568. The molecule has 0 radical (unpaired) electrons. The van der Waals surface area contributed by atoms with Crippen molar-refractivity contribution < 1.29 is 4.74 Å². The van der Waals surface area contributed by atoms with Crippen molar-refractivity contribution in [3.63, 3.8) is 0 Å². The van der Waals surface area contributed by atoms with E-state index in [2.05, 4.69) is 64.6 Å². The van der Waals surface area contributed by atoms with E-state index in [0.717, 1.165) is 10.2 Å². The topological polar surface area (TPSA) is 21.3 Å². The predicted octanol–water partition coefficient (Wildman–Crippen LogP) is 4.07. The molecular weight excluding hydrogens is 302 g/mol. The second kappa shape index (κ2) is 6.22. The van der Waals surface area contributed by atoms with Crippen molar-refractivity contribution >= 4 is 15.9 Å². The first-order chi connectivity index (χ1) is 9.15. The van der Waals surface area contributed by atoms with Gasteiger partial charge in [0.15, 0.2) is 0 Å². The lowest BCUT2D eigenvalue weighted by atomic mass is 9.97. The molecule has 2 nitrogen and oxygen atoms in total. The number of hydrogen-bond acceptors (Lipinski definition) is 2. The Hall–Kier alpha value is -1.32. The lowest BCUT2D eigenvalue weighted by Crippen LogP contribution is -2.17. The number of aryl methyl sites for hydroxylation is 1. The third kappa shape index (κ3) is 3.17. The molecule has 2 rings (SSSR count). The van der Waals surface area contributed by atoms with Crippen LogP contribution in [0.1, 0.15) is 22.7 Å². The van der Waals surface area contributed by atoms with Crippen molar-refractivity contribution in [1.29, 1.82) is 0 Å². The average molecular weight is 320 g/mol. The summed E-state index contributed by atoms with van der Waals surface area (Å²) in [6.07, 6.45) is 0. The second-order valence-electron chi connectivity index (χ2n) is 4.53. The molecule has 0 aliphatic heterocycles. The number of rotatable bonds is 4. The second-order valence-corrected chi connectivity index (χ2v) is 5.38. The third-order valence-electron chi connectivity index (χ3n) is 3.17. The highest BCUT2D eigenvalue weighted by Crippen LogP contribution is 2.30. The van der Waals surface area contributed by atoms with Crippen molar-refractivity contribution in [2.45, 2.75) is 13.0 Å². The first-order valence-corrected chi connectivity index (χ1v) is 7.02. The summed E-state index contributed by atoms with van der Waals surface area (Å²) in [6, 6.07) is 14.9. The SMILES string of the molecule is CNC(c1cccc(C)c1)c1ccc(OC)c(Br)c1. The highest BCUT2D eigenvalue weighted by Gasteiger charge is 2.13. The maximum atomic E-state index is 5.27. The van der Waals surface area contributed by atoms with Gasteiger partial charge in [0.1, 0.15) is 5.75 Å². The van der Waals surface area contributed by atoms with Crippen LogP contribution >= 0.6 is 15.9 Å². The van der Waals surface area contributed by atoms with Crippen LogP contribution in [0.5, 0.6) is 5.75 Å². The van der Waals surface area contributed by atoms with E-state index in [1.54, 1.807) is 7.11 Å². The Morgan fingerprint density at radius 2 is 1.84 bits per heavy atom. The molecule has 0 bridgehead atoms. The molecule has 0 aliphatic rings. The van der Waals surface area contributed by atoms with Gasteiger partial charge in [-0.1, -0.05) is 35.9 Å². The molecular formula is C16H18BrNO. The van der Waals surface area contributed by atoms with Crippen LogP contribution in [-0.2, 0) is 0 Å². The minimum absolute atomic E-state index is 0.183. The Morgan fingerprint density at radius 3 is 2.42 bits per heavy atom. The van der Waals surface area contributed by atoms with Crippen LogP contribution < -0.4 is 10.1 Å². The highest BCUT2D eigenvalue weighted by atomic mass is 79.9. The van der Waals surface area contributed by atoms with Gasteiger partial charge in [-0.15, -0.1) is 0 Å². The summed E-state index contributed by atoms with van der Waals surface area (Å²) in [6.45, 7) is 2.11. The minimum Gasteiger partial charge on any atom is -0.496 e. The maximum Gasteiger partial charge on any atom is 0.133 e. The van der Waals surface area contributed by atoms with Gasteiger partial charge in [0.25, 0.3) is 0 Å². The van der Waals surface area contributed by atoms with Gasteiger partial charge in [-0.25, -0.2) is 0 Å². The molecule has 100 valence electrons. The van der Waals surface area contributed by atoms with Crippen LogP contribution in [0.3, 0.4) is 0 Å². The molecule has 0 amide bonds. The van der Waals surface area contributed by atoms with Crippen LogP contribution in [0.15, 0.2) is 46.9 Å².